The number of hydrogen-bond acceptors (Lipinski definition) is 7. The topological polar surface area (TPSA) is 97.7 Å². The molecular weight excluding hydrogens is 589 g/mol. The van der Waals surface area contributed by atoms with Gasteiger partial charge in [-0.3, -0.25) is 23.7 Å². The first-order valence-corrected chi connectivity index (χ1v) is 14.6. The minimum absolute atomic E-state index is 0.291. The number of carbonyl (C=O) groups is 3. The average Bonchev–Trinajstić information content (AvgIpc) is 3.40. The van der Waals surface area contributed by atoms with Crippen molar-refractivity contribution in [2.24, 2.45) is 5.92 Å². The van der Waals surface area contributed by atoms with Crippen LogP contribution in [0.1, 0.15) is 16.4 Å². The van der Waals surface area contributed by atoms with Crippen LogP contribution in [0.4, 0.5) is 15.8 Å². The third kappa shape index (κ3) is 4.94. The molecule has 0 bridgehead atoms. The summed E-state index contributed by atoms with van der Waals surface area (Å²) in [7, 11) is 1.54. The summed E-state index contributed by atoms with van der Waals surface area (Å²) in [4.78, 5) is 55.1. The molecule has 0 saturated carbocycles. The van der Waals surface area contributed by atoms with Gasteiger partial charge in [0, 0.05) is 21.5 Å². The molecule has 1 N–H and O–H groups in total. The molecule has 3 aromatic carbocycles. The molecule has 3 heterocycles. The van der Waals surface area contributed by atoms with Crippen molar-refractivity contribution >= 4 is 63.8 Å². The molecule has 41 heavy (non-hydrogen) atoms. The van der Waals surface area contributed by atoms with Crippen molar-refractivity contribution in [2.75, 3.05) is 17.3 Å². The van der Waals surface area contributed by atoms with Gasteiger partial charge in [0.1, 0.15) is 23.4 Å². The van der Waals surface area contributed by atoms with Crippen molar-refractivity contribution in [3.63, 3.8) is 0 Å². The molecule has 8 nitrogen and oxygen atoms in total. The summed E-state index contributed by atoms with van der Waals surface area (Å²) in [6.07, 6.45) is 0. The first-order valence-electron chi connectivity index (χ1n) is 12.5. The second kappa shape index (κ2) is 10.8. The summed E-state index contributed by atoms with van der Waals surface area (Å²) in [5.41, 5.74) is 1.51. The molecule has 1 fully saturated rings. The Bertz CT molecular complexity index is 1720. The van der Waals surface area contributed by atoms with Crippen LogP contribution in [0.2, 0.25) is 5.02 Å². The number of imide groups is 1. The number of rotatable bonds is 6. The van der Waals surface area contributed by atoms with Gasteiger partial charge in [0.25, 0.3) is 0 Å². The van der Waals surface area contributed by atoms with Crippen LogP contribution < -0.4 is 19.8 Å². The lowest BCUT2D eigenvalue weighted by molar-refractivity contribution is -0.122. The van der Waals surface area contributed by atoms with E-state index >= 15 is 0 Å². The maximum absolute atomic E-state index is 13.9. The zero-order chi connectivity index (χ0) is 28.8. The number of thiazole rings is 1. The van der Waals surface area contributed by atoms with Crippen LogP contribution in [-0.2, 0) is 20.9 Å². The summed E-state index contributed by atoms with van der Waals surface area (Å²) in [5.74, 6) is -2.62. The van der Waals surface area contributed by atoms with E-state index in [0.29, 0.717) is 37.6 Å². The van der Waals surface area contributed by atoms with E-state index in [9.17, 15) is 23.6 Å². The van der Waals surface area contributed by atoms with Crippen molar-refractivity contribution in [3.05, 3.63) is 104 Å². The average molecular weight is 610 g/mol. The van der Waals surface area contributed by atoms with Gasteiger partial charge >= 0.3 is 4.87 Å². The fourth-order valence-electron chi connectivity index (χ4n) is 5.15. The molecular formula is C29H21ClFN3O5S2. The SMILES string of the molecule is COc1ccc(NC(=O)Cn2c3c(sc2=O)C(c2ccc(F)cc2)C2C(=O)N(c4ccc(Cl)cc4)C(=O)C2S3)cc1. The molecule has 3 amide bonds. The van der Waals surface area contributed by atoms with E-state index < -0.39 is 45.5 Å². The molecule has 3 unspecified atom stereocenters. The Morgan fingerprint density at radius 2 is 1.66 bits per heavy atom. The Balaban J connectivity index is 1.38. The number of aromatic nitrogens is 1. The highest BCUT2D eigenvalue weighted by molar-refractivity contribution is 8.00. The number of halogens is 2. The Morgan fingerprint density at radius 1 is 0.976 bits per heavy atom. The van der Waals surface area contributed by atoms with E-state index in [1.807, 2.05) is 0 Å². The second-order valence-corrected chi connectivity index (χ2v) is 12.0. The summed E-state index contributed by atoms with van der Waals surface area (Å²) in [6, 6.07) is 18.8. The summed E-state index contributed by atoms with van der Waals surface area (Å²) >= 11 is 8.05. The van der Waals surface area contributed by atoms with E-state index in [0.717, 1.165) is 28.0 Å². The van der Waals surface area contributed by atoms with E-state index in [-0.39, 0.29) is 6.54 Å². The molecule has 208 valence electrons. The predicted octanol–water partition coefficient (Wildman–Crippen LogP) is 5.15. The molecule has 12 heteroatoms. The Morgan fingerprint density at radius 3 is 2.32 bits per heavy atom. The highest BCUT2D eigenvalue weighted by Crippen LogP contribution is 2.53. The quantitative estimate of drug-likeness (QED) is 0.304. The molecule has 2 aliphatic rings. The third-order valence-corrected chi connectivity index (χ3v) is 9.89. The zero-order valence-electron chi connectivity index (χ0n) is 21.4. The molecule has 4 aromatic rings. The maximum Gasteiger partial charge on any atom is 0.308 e. The summed E-state index contributed by atoms with van der Waals surface area (Å²) in [6.45, 7) is -0.291. The number of fused-ring (bicyclic) bond motifs is 2. The molecule has 1 aromatic heterocycles. The minimum atomic E-state index is -0.856. The van der Waals surface area contributed by atoms with Crippen LogP contribution in [-0.4, -0.2) is 34.6 Å². The largest absolute Gasteiger partial charge is 0.497 e. The van der Waals surface area contributed by atoms with Gasteiger partial charge in [0.05, 0.1) is 23.7 Å². The second-order valence-electron chi connectivity index (χ2n) is 9.48. The lowest BCUT2D eigenvalue weighted by Crippen LogP contribution is -2.33. The molecule has 0 spiro atoms. The van der Waals surface area contributed by atoms with Crippen LogP contribution in [0.15, 0.2) is 82.6 Å². The van der Waals surface area contributed by atoms with Crippen molar-refractivity contribution < 1.29 is 23.5 Å². The molecule has 1 saturated heterocycles. The number of carbonyl (C=O) groups excluding carboxylic acids is 3. The number of amides is 3. The number of ether oxygens (including phenoxy) is 1. The lowest BCUT2D eigenvalue weighted by Gasteiger charge is -2.30. The highest BCUT2D eigenvalue weighted by Gasteiger charge is 2.56. The van der Waals surface area contributed by atoms with Crippen LogP contribution in [0.25, 0.3) is 0 Å². The third-order valence-electron chi connectivity index (χ3n) is 7.04. The number of nitrogens with zero attached hydrogens (tertiary/aromatic N) is 2. The maximum atomic E-state index is 13.9. The molecule has 2 aliphatic heterocycles. The van der Waals surface area contributed by atoms with E-state index in [2.05, 4.69) is 5.32 Å². The van der Waals surface area contributed by atoms with Crippen molar-refractivity contribution in [3.8, 4) is 5.75 Å². The summed E-state index contributed by atoms with van der Waals surface area (Å²) < 4.78 is 20.3. The number of methoxy groups -OCH3 is 1. The Labute approximate surface area is 246 Å². The number of thioether (sulfide) groups is 1. The van der Waals surface area contributed by atoms with E-state index in [1.165, 1.54) is 16.7 Å². The lowest BCUT2D eigenvalue weighted by atomic mass is 9.83. The van der Waals surface area contributed by atoms with Gasteiger partial charge in [0.2, 0.25) is 17.7 Å². The monoisotopic (exact) mass is 609 g/mol. The number of benzene rings is 3. The molecule has 0 aliphatic carbocycles. The summed E-state index contributed by atoms with van der Waals surface area (Å²) in [5, 5.41) is 2.82. The first kappa shape index (κ1) is 27.3. The van der Waals surface area contributed by atoms with E-state index in [4.69, 9.17) is 16.3 Å². The van der Waals surface area contributed by atoms with Crippen molar-refractivity contribution in [1.82, 2.24) is 4.57 Å². The van der Waals surface area contributed by atoms with Gasteiger partial charge in [-0.1, -0.05) is 46.8 Å². The predicted molar refractivity (Wildman–Crippen MR) is 156 cm³/mol. The zero-order valence-corrected chi connectivity index (χ0v) is 23.8. The van der Waals surface area contributed by atoms with Crippen LogP contribution in [0.5, 0.6) is 5.75 Å². The smallest absolute Gasteiger partial charge is 0.308 e. The fraction of sp³-hybridized carbons (Fsp3) is 0.172. The fourth-order valence-corrected chi connectivity index (χ4v) is 8.05. The van der Waals surface area contributed by atoms with Crippen LogP contribution in [0.3, 0.4) is 0 Å². The molecule has 3 atom stereocenters. The van der Waals surface area contributed by atoms with Gasteiger partial charge in [0.15, 0.2) is 0 Å². The van der Waals surface area contributed by atoms with Crippen LogP contribution >= 0.6 is 34.7 Å². The van der Waals surface area contributed by atoms with Gasteiger partial charge in [-0.25, -0.2) is 9.29 Å². The number of hydrogen-bond donors (Lipinski definition) is 1. The van der Waals surface area contributed by atoms with Gasteiger partial charge in [-0.05, 0) is 66.2 Å². The molecule has 6 rings (SSSR count). The standard InChI is InChI=1S/C29H21ClFN3O5S2/c1-39-20-12-8-18(9-13-20)32-21(35)14-33-28-25(41-29(33)38)22(15-2-6-17(31)7-3-15)23-24(40-28)27(37)34(26(23)36)19-10-4-16(30)5-11-19/h2-13,22-24H,14H2,1H3,(H,32,35). The highest BCUT2D eigenvalue weighted by atomic mass is 35.5. The van der Waals surface area contributed by atoms with Crippen molar-refractivity contribution in [2.45, 2.75) is 22.7 Å². The number of nitrogens with one attached hydrogen (secondary N) is 1. The Kier molecular flexibility index (Phi) is 7.18. The van der Waals surface area contributed by atoms with Gasteiger partial charge in [-0.2, -0.15) is 0 Å². The Hall–Kier alpha value is -3.93. The van der Waals surface area contributed by atoms with Crippen molar-refractivity contribution in [1.29, 1.82) is 0 Å². The van der Waals surface area contributed by atoms with Crippen LogP contribution in [0, 0.1) is 11.7 Å². The van der Waals surface area contributed by atoms with Gasteiger partial charge < -0.3 is 10.1 Å². The number of anilines is 2. The van der Waals surface area contributed by atoms with E-state index in [1.54, 1.807) is 67.8 Å². The minimum Gasteiger partial charge on any atom is -0.497 e. The van der Waals surface area contributed by atoms with Gasteiger partial charge in [-0.15, -0.1) is 0 Å². The normalized spacial score (nSPS) is 19.6. The first-order chi connectivity index (χ1) is 19.7. The molecule has 0 radical (unpaired) electrons.